The minimum atomic E-state index is -0.442. The van der Waals surface area contributed by atoms with Crippen molar-refractivity contribution in [1.29, 1.82) is 0 Å². The number of aliphatic hydroxyl groups is 1. The maximum absolute atomic E-state index is 10.2. The van der Waals surface area contributed by atoms with E-state index in [1.54, 1.807) is 6.20 Å². The highest BCUT2D eigenvalue weighted by Crippen LogP contribution is 2.32. The van der Waals surface area contributed by atoms with E-state index < -0.39 is 6.10 Å². The van der Waals surface area contributed by atoms with Crippen molar-refractivity contribution in [2.45, 2.75) is 39.0 Å². The van der Waals surface area contributed by atoms with Crippen LogP contribution < -0.4 is 0 Å². The Kier molecular flexibility index (Phi) is 3.07. The first kappa shape index (κ1) is 10.6. The Morgan fingerprint density at radius 1 is 1.73 bits per heavy atom. The number of aromatic nitrogens is 2. The maximum atomic E-state index is 10.2. The van der Waals surface area contributed by atoms with Crippen molar-refractivity contribution >= 4 is 0 Å². The van der Waals surface area contributed by atoms with Gasteiger partial charge in [0.05, 0.1) is 18.4 Å². The Morgan fingerprint density at radius 3 is 3.07 bits per heavy atom. The lowest BCUT2D eigenvalue weighted by molar-refractivity contribution is 0.0431. The summed E-state index contributed by atoms with van der Waals surface area (Å²) in [6, 6.07) is 0. The van der Waals surface area contributed by atoms with E-state index in [4.69, 9.17) is 4.74 Å². The number of rotatable bonds is 3. The summed E-state index contributed by atoms with van der Waals surface area (Å²) in [5.41, 5.74) is 0.902. The smallest absolute Gasteiger partial charge is 0.0874 e. The third-order valence-electron chi connectivity index (χ3n) is 3.16. The molecule has 1 aliphatic rings. The number of ether oxygens (including phenoxy) is 1. The van der Waals surface area contributed by atoms with Crippen LogP contribution in [0.3, 0.4) is 0 Å². The molecule has 0 aromatic carbocycles. The number of aryl methyl sites for hydroxylation is 1. The van der Waals surface area contributed by atoms with E-state index >= 15 is 0 Å². The van der Waals surface area contributed by atoms with E-state index in [2.05, 4.69) is 5.10 Å². The fourth-order valence-electron chi connectivity index (χ4n) is 2.12. The van der Waals surface area contributed by atoms with Crippen LogP contribution in [-0.2, 0) is 11.3 Å². The van der Waals surface area contributed by atoms with Crippen LogP contribution in [0.2, 0.25) is 0 Å². The Bertz CT molecular complexity index is 324. The van der Waals surface area contributed by atoms with Crippen LogP contribution in [0, 0.1) is 5.92 Å². The molecular formula is C11H18N2O2. The number of hydrogen-bond acceptors (Lipinski definition) is 3. The van der Waals surface area contributed by atoms with Gasteiger partial charge in [0.15, 0.2) is 0 Å². The summed E-state index contributed by atoms with van der Waals surface area (Å²) in [6.07, 6.45) is 4.29. The standard InChI is InChI=1S/C11H18N2O2/c1-3-13-7-9(6-12-13)11(14)10-4-5-15-8(10)2/h6-8,10-11,14H,3-5H2,1-2H3. The molecule has 0 spiro atoms. The average Bonchev–Trinajstić information content (AvgIpc) is 2.84. The highest BCUT2D eigenvalue weighted by Gasteiger charge is 2.32. The fourth-order valence-corrected chi connectivity index (χ4v) is 2.12. The predicted molar refractivity (Wildman–Crippen MR) is 56.4 cm³/mol. The van der Waals surface area contributed by atoms with E-state index in [1.165, 1.54) is 0 Å². The molecule has 0 radical (unpaired) electrons. The lowest BCUT2D eigenvalue weighted by atomic mass is 9.92. The van der Waals surface area contributed by atoms with Crippen molar-refractivity contribution in [3.05, 3.63) is 18.0 Å². The molecule has 84 valence electrons. The van der Waals surface area contributed by atoms with E-state index in [0.29, 0.717) is 0 Å². The van der Waals surface area contributed by atoms with Crippen LogP contribution in [0.4, 0.5) is 0 Å². The van der Waals surface area contributed by atoms with Crippen molar-refractivity contribution in [1.82, 2.24) is 9.78 Å². The number of hydrogen-bond donors (Lipinski definition) is 1. The Morgan fingerprint density at radius 2 is 2.53 bits per heavy atom. The molecule has 3 atom stereocenters. The number of aliphatic hydroxyl groups excluding tert-OH is 1. The summed E-state index contributed by atoms with van der Waals surface area (Å²) in [5, 5.41) is 14.3. The van der Waals surface area contributed by atoms with Crippen LogP contribution in [0.25, 0.3) is 0 Å². The zero-order valence-corrected chi connectivity index (χ0v) is 9.26. The molecule has 4 nitrogen and oxygen atoms in total. The van der Waals surface area contributed by atoms with Crippen molar-refractivity contribution in [3.8, 4) is 0 Å². The van der Waals surface area contributed by atoms with Gasteiger partial charge in [0.25, 0.3) is 0 Å². The summed E-state index contributed by atoms with van der Waals surface area (Å²) < 4.78 is 7.29. The summed E-state index contributed by atoms with van der Waals surface area (Å²) >= 11 is 0. The topological polar surface area (TPSA) is 47.3 Å². The minimum Gasteiger partial charge on any atom is -0.388 e. The molecule has 1 aliphatic heterocycles. The molecular weight excluding hydrogens is 192 g/mol. The molecule has 4 heteroatoms. The molecule has 1 saturated heterocycles. The lowest BCUT2D eigenvalue weighted by Crippen LogP contribution is -2.19. The normalized spacial score (nSPS) is 28.2. The highest BCUT2D eigenvalue weighted by molar-refractivity contribution is 5.10. The van der Waals surface area contributed by atoms with Crippen LogP contribution in [-0.4, -0.2) is 27.6 Å². The molecule has 1 aromatic heterocycles. The second-order valence-corrected chi connectivity index (χ2v) is 4.10. The van der Waals surface area contributed by atoms with Gasteiger partial charge in [0.1, 0.15) is 0 Å². The molecule has 0 aliphatic carbocycles. The van der Waals surface area contributed by atoms with Gasteiger partial charge < -0.3 is 9.84 Å². The summed E-state index contributed by atoms with van der Waals surface area (Å²) in [4.78, 5) is 0. The molecule has 0 amide bonds. The van der Waals surface area contributed by atoms with Gasteiger partial charge in [-0.1, -0.05) is 0 Å². The summed E-state index contributed by atoms with van der Waals surface area (Å²) in [7, 11) is 0. The van der Waals surface area contributed by atoms with E-state index in [-0.39, 0.29) is 12.0 Å². The largest absolute Gasteiger partial charge is 0.388 e. The van der Waals surface area contributed by atoms with Gasteiger partial charge in [-0.05, 0) is 20.3 Å². The highest BCUT2D eigenvalue weighted by atomic mass is 16.5. The molecule has 15 heavy (non-hydrogen) atoms. The summed E-state index contributed by atoms with van der Waals surface area (Å²) in [5.74, 6) is 0.208. The molecule has 0 saturated carbocycles. The quantitative estimate of drug-likeness (QED) is 0.819. The summed E-state index contributed by atoms with van der Waals surface area (Å²) in [6.45, 7) is 5.64. The molecule has 1 N–H and O–H groups in total. The van der Waals surface area contributed by atoms with Crippen LogP contribution in [0.1, 0.15) is 31.9 Å². The monoisotopic (exact) mass is 210 g/mol. The second-order valence-electron chi connectivity index (χ2n) is 4.10. The van der Waals surface area contributed by atoms with Gasteiger partial charge >= 0.3 is 0 Å². The van der Waals surface area contributed by atoms with Gasteiger partial charge in [0, 0.05) is 30.8 Å². The Hall–Kier alpha value is -0.870. The van der Waals surface area contributed by atoms with E-state index in [0.717, 1.165) is 25.1 Å². The average molecular weight is 210 g/mol. The Labute approximate surface area is 89.9 Å². The fraction of sp³-hybridized carbons (Fsp3) is 0.727. The first-order valence-electron chi connectivity index (χ1n) is 5.54. The second kappa shape index (κ2) is 4.33. The van der Waals surface area contributed by atoms with E-state index in [1.807, 2.05) is 24.7 Å². The zero-order valence-electron chi connectivity index (χ0n) is 9.26. The number of nitrogens with zero attached hydrogens (tertiary/aromatic N) is 2. The Balaban J connectivity index is 2.09. The minimum absolute atomic E-state index is 0.143. The van der Waals surface area contributed by atoms with Crippen molar-refractivity contribution in [2.24, 2.45) is 5.92 Å². The first-order chi connectivity index (χ1) is 7.22. The van der Waals surface area contributed by atoms with Crippen LogP contribution >= 0.6 is 0 Å². The van der Waals surface area contributed by atoms with Gasteiger partial charge in [0.2, 0.25) is 0 Å². The zero-order chi connectivity index (χ0) is 10.8. The molecule has 2 rings (SSSR count). The predicted octanol–water partition coefficient (Wildman–Crippen LogP) is 1.36. The van der Waals surface area contributed by atoms with Crippen molar-refractivity contribution < 1.29 is 9.84 Å². The van der Waals surface area contributed by atoms with Gasteiger partial charge in [-0.2, -0.15) is 5.10 Å². The van der Waals surface area contributed by atoms with Gasteiger partial charge in [-0.15, -0.1) is 0 Å². The van der Waals surface area contributed by atoms with Gasteiger partial charge in [-0.3, -0.25) is 4.68 Å². The molecule has 2 heterocycles. The molecule has 0 bridgehead atoms. The third-order valence-corrected chi connectivity index (χ3v) is 3.16. The van der Waals surface area contributed by atoms with Crippen molar-refractivity contribution in [2.75, 3.05) is 6.61 Å². The first-order valence-corrected chi connectivity index (χ1v) is 5.54. The van der Waals surface area contributed by atoms with E-state index in [9.17, 15) is 5.11 Å². The molecule has 1 fully saturated rings. The van der Waals surface area contributed by atoms with Crippen LogP contribution in [0.5, 0.6) is 0 Å². The van der Waals surface area contributed by atoms with Crippen molar-refractivity contribution in [3.63, 3.8) is 0 Å². The molecule has 3 unspecified atom stereocenters. The lowest BCUT2D eigenvalue weighted by Gasteiger charge is -2.19. The SMILES string of the molecule is CCn1cc(C(O)C2CCOC2C)cn1. The molecule has 1 aromatic rings. The maximum Gasteiger partial charge on any atom is 0.0874 e. The third kappa shape index (κ3) is 2.06. The van der Waals surface area contributed by atoms with Crippen LogP contribution in [0.15, 0.2) is 12.4 Å². The van der Waals surface area contributed by atoms with Gasteiger partial charge in [-0.25, -0.2) is 0 Å².